The number of hydrogen-bond acceptors (Lipinski definition) is 1. The Bertz CT molecular complexity index is 692. The van der Waals surface area contributed by atoms with Gasteiger partial charge in [-0.1, -0.05) is 108 Å². The van der Waals surface area contributed by atoms with Crippen LogP contribution < -0.4 is 0 Å². The molecule has 1 aliphatic rings. The quantitative estimate of drug-likeness (QED) is 0.321. The molecule has 1 saturated carbocycles. The highest BCUT2D eigenvalue weighted by molar-refractivity contribution is 5.59. The second kappa shape index (κ2) is 12.9. The van der Waals surface area contributed by atoms with Gasteiger partial charge in [0.05, 0.1) is 5.69 Å². The number of hydrogen-bond donors (Lipinski definition) is 0. The van der Waals surface area contributed by atoms with E-state index in [0.29, 0.717) is 0 Å². The van der Waals surface area contributed by atoms with Gasteiger partial charge in [0.2, 0.25) is 0 Å². The summed E-state index contributed by atoms with van der Waals surface area (Å²) < 4.78 is 0. The Morgan fingerprint density at radius 1 is 0.667 bits per heavy atom. The first kappa shape index (κ1) is 23.0. The molecule has 0 spiro atoms. The highest BCUT2D eigenvalue weighted by Crippen LogP contribution is 2.34. The van der Waals surface area contributed by atoms with Crippen molar-refractivity contribution >= 4 is 0 Å². The molecular weight excluding hydrogens is 362 g/mol. The Morgan fingerprint density at radius 2 is 1.33 bits per heavy atom. The predicted molar refractivity (Wildman–Crippen MR) is 131 cm³/mol. The molecule has 1 aliphatic carbocycles. The zero-order chi connectivity index (χ0) is 21.0. The summed E-state index contributed by atoms with van der Waals surface area (Å²) in [7, 11) is 0. The van der Waals surface area contributed by atoms with E-state index in [4.69, 9.17) is 4.98 Å². The number of pyridine rings is 1. The van der Waals surface area contributed by atoms with Crippen LogP contribution in [-0.4, -0.2) is 4.98 Å². The van der Waals surface area contributed by atoms with Crippen LogP contribution in [0.15, 0.2) is 42.6 Å². The monoisotopic (exact) mass is 405 g/mol. The Kier molecular flexibility index (Phi) is 9.93. The van der Waals surface area contributed by atoms with E-state index in [1.54, 1.807) is 0 Å². The van der Waals surface area contributed by atoms with Crippen LogP contribution in [0.5, 0.6) is 0 Å². The molecule has 1 aromatic carbocycles. The van der Waals surface area contributed by atoms with Crippen LogP contribution in [0.4, 0.5) is 0 Å². The van der Waals surface area contributed by atoms with Gasteiger partial charge in [-0.2, -0.15) is 0 Å². The van der Waals surface area contributed by atoms with Gasteiger partial charge in [0.1, 0.15) is 0 Å². The molecule has 1 fully saturated rings. The summed E-state index contributed by atoms with van der Waals surface area (Å²) in [5.74, 6) is 1.96. The molecule has 0 amide bonds. The molecule has 0 unspecified atom stereocenters. The van der Waals surface area contributed by atoms with Gasteiger partial charge in [0.15, 0.2) is 0 Å². The van der Waals surface area contributed by atoms with Crippen LogP contribution in [0.3, 0.4) is 0 Å². The van der Waals surface area contributed by atoms with Crippen LogP contribution >= 0.6 is 0 Å². The van der Waals surface area contributed by atoms with Crippen molar-refractivity contribution in [3.05, 3.63) is 53.7 Å². The molecular formula is C29H43N. The topological polar surface area (TPSA) is 12.9 Å². The third-order valence-electron chi connectivity index (χ3n) is 7.17. The lowest BCUT2D eigenvalue weighted by molar-refractivity contribution is 0.249. The van der Waals surface area contributed by atoms with E-state index in [-0.39, 0.29) is 0 Å². The molecule has 0 bridgehead atoms. The maximum Gasteiger partial charge on any atom is 0.0702 e. The molecule has 1 heterocycles. The van der Waals surface area contributed by atoms with Crippen LogP contribution in [-0.2, 0) is 12.8 Å². The molecule has 1 aromatic heterocycles. The van der Waals surface area contributed by atoms with Gasteiger partial charge in [-0.25, -0.2) is 0 Å². The van der Waals surface area contributed by atoms with Crippen molar-refractivity contribution in [1.82, 2.24) is 4.98 Å². The first-order valence-electron chi connectivity index (χ1n) is 12.8. The molecule has 0 aliphatic heterocycles. The van der Waals surface area contributed by atoms with Gasteiger partial charge in [-0.05, 0) is 54.7 Å². The molecule has 0 radical (unpaired) electrons. The van der Waals surface area contributed by atoms with Gasteiger partial charge in [0.25, 0.3) is 0 Å². The summed E-state index contributed by atoms with van der Waals surface area (Å²) in [6, 6.07) is 13.5. The van der Waals surface area contributed by atoms with Gasteiger partial charge in [-0.3, -0.25) is 4.98 Å². The zero-order valence-corrected chi connectivity index (χ0v) is 19.5. The van der Waals surface area contributed by atoms with E-state index in [1.807, 2.05) is 0 Å². The first-order chi connectivity index (χ1) is 14.8. The maximum absolute atomic E-state index is 4.77. The van der Waals surface area contributed by atoms with Crippen molar-refractivity contribution in [2.75, 3.05) is 0 Å². The molecule has 164 valence electrons. The van der Waals surface area contributed by atoms with Crippen LogP contribution in [0.1, 0.15) is 102 Å². The molecule has 2 aromatic rings. The average Bonchev–Trinajstić information content (AvgIpc) is 2.81. The van der Waals surface area contributed by atoms with Gasteiger partial charge in [-0.15, -0.1) is 0 Å². The van der Waals surface area contributed by atoms with E-state index in [0.717, 1.165) is 17.5 Å². The fraction of sp³-hybridized carbons (Fsp3) is 0.621. The number of nitrogens with zero attached hydrogens (tertiary/aromatic N) is 1. The Morgan fingerprint density at radius 3 is 1.97 bits per heavy atom. The third kappa shape index (κ3) is 7.56. The second-order valence-corrected chi connectivity index (χ2v) is 9.63. The van der Waals surface area contributed by atoms with Crippen LogP contribution in [0.25, 0.3) is 11.3 Å². The standard InChI is InChI=1S/C29H43N/c1-3-5-7-8-10-25-11-13-26(14-12-25)15-16-27-19-22-29(30-23-27)28-20-17-24(18-21-28)9-6-4-2/h17-23,25-26H,3-16H2,1-2H3/t25-,26-. The average molecular weight is 406 g/mol. The smallest absolute Gasteiger partial charge is 0.0702 e. The first-order valence-corrected chi connectivity index (χ1v) is 12.8. The largest absolute Gasteiger partial charge is 0.256 e. The lowest BCUT2D eigenvalue weighted by atomic mass is 9.78. The number of rotatable bonds is 12. The molecule has 1 nitrogen and oxygen atoms in total. The number of aromatic nitrogens is 1. The maximum atomic E-state index is 4.77. The molecule has 0 N–H and O–H groups in total. The number of aryl methyl sites for hydroxylation is 2. The SMILES string of the molecule is CCCCCC[C@H]1CC[C@H](CCc2ccc(-c3ccc(CCCC)cc3)nc2)CC1. The van der Waals surface area contributed by atoms with Gasteiger partial charge in [0, 0.05) is 11.8 Å². The second-order valence-electron chi connectivity index (χ2n) is 9.63. The van der Waals surface area contributed by atoms with E-state index >= 15 is 0 Å². The minimum atomic E-state index is 0.937. The zero-order valence-electron chi connectivity index (χ0n) is 19.5. The summed E-state index contributed by atoms with van der Waals surface area (Å²) in [5, 5.41) is 0. The van der Waals surface area contributed by atoms with E-state index in [1.165, 1.54) is 107 Å². The third-order valence-corrected chi connectivity index (χ3v) is 7.17. The minimum absolute atomic E-state index is 0.937. The normalized spacial score (nSPS) is 19.1. The van der Waals surface area contributed by atoms with Crippen LogP contribution in [0, 0.1) is 11.8 Å². The van der Waals surface area contributed by atoms with Gasteiger partial charge >= 0.3 is 0 Å². The molecule has 30 heavy (non-hydrogen) atoms. The summed E-state index contributed by atoms with van der Waals surface area (Å²) in [4.78, 5) is 4.77. The molecule has 0 atom stereocenters. The number of unbranched alkanes of at least 4 members (excludes halogenated alkanes) is 4. The Balaban J connectivity index is 1.39. The lowest BCUT2D eigenvalue weighted by Crippen LogP contribution is -2.15. The molecule has 0 saturated heterocycles. The van der Waals surface area contributed by atoms with Crippen molar-refractivity contribution in [3.63, 3.8) is 0 Å². The van der Waals surface area contributed by atoms with Gasteiger partial charge < -0.3 is 0 Å². The fourth-order valence-electron chi connectivity index (χ4n) is 5.01. The predicted octanol–water partition coefficient (Wildman–Crippen LogP) is 8.80. The summed E-state index contributed by atoms with van der Waals surface area (Å²) in [6.45, 7) is 4.56. The summed E-state index contributed by atoms with van der Waals surface area (Å²) >= 11 is 0. The van der Waals surface area contributed by atoms with Crippen molar-refractivity contribution in [3.8, 4) is 11.3 Å². The highest BCUT2D eigenvalue weighted by atomic mass is 14.7. The Hall–Kier alpha value is -1.63. The highest BCUT2D eigenvalue weighted by Gasteiger charge is 2.20. The molecule has 3 rings (SSSR count). The lowest BCUT2D eigenvalue weighted by Gasteiger charge is -2.28. The van der Waals surface area contributed by atoms with Crippen molar-refractivity contribution in [1.29, 1.82) is 0 Å². The van der Waals surface area contributed by atoms with Crippen molar-refractivity contribution < 1.29 is 0 Å². The van der Waals surface area contributed by atoms with Crippen molar-refractivity contribution in [2.24, 2.45) is 11.8 Å². The van der Waals surface area contributed by atoms with Crippen molar-refractivity contribution in [2.45, 2.75) is 104 Å². The van der Waals surface area contributed by atoms with Crippen LogP contribution in [0.2, 0.25) is 0 Å². The van der Waals surface area contributed by atoms with E-state index in [2.05, 4.69) is 56.4 Å². The van der Waals surface area contributed by atoms with E-state index in [9.17, 15) is 0 Å². The summed E-state index contributed by atoms with van der Waals surface area (Å²) in [5.41, 5.74) is 5.18. The number of benzene rings is 1. The fourth-order valence-corrected chi connectivity index (χ4v) is 5.01. The molecule has 1 heteroatoms. The Labute approximate surface area is 185 Å². The minimum Gasteiger partial charge on any atom is -0.256 e. The summed E-state index contributed by atoms with van der Waals surface area (Å²) in [6.07, 6.45) is 21.4. The van der Waals surface area contributed by atoms with E-state index < -0.39 is 0 Å².